The van der Waals surface area contributed by atoms with Crippen LogP contribution in [0.25, 0.3) is 0 Å². The molecule has 0 fully saturated rings. The maximum absolute atomic E-state index is 12.6. The van der Waals surface area contributed by atoms with Gasteiger partial charge < -0.3 is 33.0 Å². The Morgan fingerprint density at radius 3 is 1.87 bits per heavy atom. The number of hydrogen-bond donors (Lipinski definition) is 1. The molecule has 0 saturated heterocycles. The molecule has 0 radical (unpaired) electrons. The lowest BCUT2D eigenvalue weighted by Gasteiger charge is -2.28. The first-order valence-electron chi connectivity index (χ1n) is 21.0. The van der Waals surface area contributed by atoms with Crippen molar-refractivity contribution < 1.29 is 47.2 Å². The number of ether oxygens (including phenoxy) is 2. The zero-order valence-corrected chi connectivity index (χ0v) is 35.7. The molecule has 0 rings (SSSR count). The molecule has 54 heavy (non-hydrogen) atoms. The fourth-order valence-corrected chi connectivity index (χ4v) is 6.07. The number of phosphoric ester groups is 1. The van der Waals surface area contributed by atoms with E-state index in [0.29, 0.717) is 30.3 Å². The van der Waals surface area contributed by atoms with E-state index < -0.39 is 32.5 Å². The van der Waals surface area contributed by atoms with Gasteiger partial charge in [-0.15, -0.1) is 0 Å². The number of nitrogens with zero attached hydrogens (tertiary/aromatic N) is 1. The average Bonchev–Trinajstić information content (AvgIpc) is 3.11. The highest BCUT2D eigenvalue weighted by Gasteiger charge is 2.21. The van der Waals surface area contributed by atoms with E-state index in [0.717, 1.165) is 57.8 Å². The maximum Gasteiger partial charge on any atom is 0.306 e. The van der Waals surface area contributed by atoms with Gasteiger partial charge in [0.1, 0.15) is 19.8 Å². The second kappa shape index (κ2) is 35.4. The normalized spacial score (nSPS) is 14.7. The van der Waals surface area contributed by atoms with Gasteiger partial charge in [0, 0.05) is 12.8 Å². The second-order valence-electron chi connectivity index (χ2n) is 15.2. The van der Waals surface area contributed by atoms with Gasteiger partial charge in [0.2, 0.25) is 0 Å². The van der Waals surface area contributed by atoms with E-state index in [1.165, 1.54) is 51.4 Å². The van der Waals surface area contributed by atoms with Crippen LogP contribution in [0, 0.1) is 0 Å². The van der Waals surface area contributed by atoms with Crippen LogP contribution in [0.3, 0.4) is 0 Å². The minimum absolute atomic E-state index is 0.0473. The van der Waals surface area contributed by atoms with Crippen LogP contribution in [0.15, 0.2) is 48.6 Å². The van der Waals surface area contributed by atoms with Crippen molar-refractivity contribution in [1.82, 2.24) is 0 Å². The molecule has 0 aromatic heterocycles. The number of carbonyl (C=O) groups excluding carboxylic acids is 2. The fourth-order valence-electron chi connectivity index (χ4n) is 5.34. The molecule has 0 aromatic rings. The Bertz CT molecular complexity index is 1080. The molecule has 0 aromatic carbocycles. The number of rotatable bonds is 37. The standard InChI is InChI=1S/C43H78NO9P/c1-6-8-10-11-12-13-14-17-21-24-27-31-35-43(47)53-41(39-52-54(48,49)51-37-36-44(3,4)5)38-50-42(46)34-30-26-23-20-18-15-16-19-22-25-29-33-40(45)32-28-9-7-2/h15-16,20,22-23,25,29,33,40-41,45H,6-14,17-19,21,24,26-28,30-32,34-39H2,1-5H3/b16-15-,23-20-,25-22-,33-29+/t40-,41-/m1/s1. The third-order valence-electron chi connectivity index (χ3n) is 8.71. The van der Waals surface area contributed by atoms with Gasteiger partial charge in [-0.05, 0) is 38.5 Å². The zero-order chi connectivity index (χ0) is 40.2. The van der Waals surface area contributed by atoms with Crippen molar-refractivity contribution in [2.45, 2.75) is 167 Å². The first-order valence-corrected chi connectivity index (χ1v) is 22.4. The predicted octanol–water partition coefficient (Wildman–Crippen LogP) is 9.86. The fraction of sp³-hybridized carbons (Fsp3) is 0.767. The Labute approximate surface area is 329 Å². The number of unbranched alkanes of at least 4 members (excludes halogenated alkanes) is 14. The highest BCUT2D eigenvalue weighted by Crippen LogP contribution is 2.38. The molecule has 0 saturated carbocycles. The van der Waals surface area contributed by atoms with Crippen molar-refractivity contribution in [2.24, 2.45) is 0 Å². The highest BCUT2D eigenvalue weighted by molar-refractivity contribution is 7.45. The smallest absolute Gasteiger partial charge is 0.306 e. The number of quaternary nitrogens is 1. The quantitative estimate of drug-likeness (QED) is 0.0163. The molecule has 1 unspecified atom stereocenters. The van der Waals surface area contributed by atoms with Crippen LogP contribution in [0.5, 0.6) is 0 Å². The number of aliphatic hydroxyl groups is 1. The predicted molar refractivity (Wildman–Crippen MR) is 219 cm³/mol. The van der Waals surface area contributed by atoms with Gasteiger partial charge in [0.15, 0.2) is 6.10 Å². The lowest BCUT2D eigenvalue weighted by molar-refractivity contribution is -0.870. The molecular formula is C43H78NO9P. The SMILES string of the molecule is CCCCCCCCCCCCCCC(=O)O[C@H](COC(=O)CCC/C=C\C/C=C\C/C=C\C=C\[C@H](O)CCCCC)COP(=O)([O-])OCC[N+](C)(C)C. The number of esters is 2. The number of hydrogen-bond acceptors (Lipinski definition) is 9. The van der Waals surface area contributed by atoms with Gasteiger partial charge in [0.25, 0.3) is 7.82 Å². The number of aliphatic hydroxyl groups excluding tert-OH is 1. The topological polar surface area (TPSA) is 131 Å². The lowest BCUT2D eigenvalue weighted by Crippen LogP contribution is -2.37. The Morgan fingerprint density at radius 2 is 1.24 bits per heavy atom. The summed E-state index contributed by atoms with van der Waals surface area (Å²) in [4.78, 5) is 37.4. The summed E-state index contributed by atoms with van der Waals surface area (Å²) >= 11 is 0. The lowest BCUT2D eigenvalue weighted by atomic mass is 10.0. The maximum atomic E-state index is 12.6. The van der Waals surface area contributed by atoms with Gasteiger partial charge in [-0.1, -0.05) is 152 Å². The number of likely N-dealkylation sites (N-methyl/N-ethyl adjacent to an activating group) is 1. The van der Waals surface area contributed by atoms with E-state index in [2.05, 4.69) is 26.0 Å². The Hall–Kier alpha value is -2.07. The van der Waals surface area contributed by atoms with E-state index >= 15 is 0 Å². The molecule has 314 valence electrons. The van der Waals surface area contributed by atoms with Crippen molar-refractivity contribution in [1.29, 1.82) is 0 Å². The number of allylic oxidation sites excluding steroid dienone is 7. The van der Waals surface area contributed by atoms with Gasteiger partial charge in [0.05, 0.1) is 33.9 Å². The molecule has 0 aliphatic carbocycles. The molecule has 1 N–H and O–H groups in total. The van der Waals surface area contributed by atoms with Gasteiger partial charge in [-0.2, -0.15) is 0 Å². The first-order chi connectivity index (χ1) is 25.9. The molecule has 0 amide bonds. The van der Waals surface area contributed by atoms with E-state index in [9.17, 15) is 24.2 Å². The van der Waals surface area contributed by atoms with Gasteiger partial charge >= 0.3 is 11.9 Å². The monoisotopic (exact) mass is 784 g/mol. The summed E-state index contributed by atoms with van der Waals surface area (Å²) in [6.07, 6.45) is 36.1. The van der Waals surface area contributed by atoms with Crippen molar-refractivity contribution >= 4 is 19.8 Å². The van der Waals surface area contributed by atoms with E-state index in [1.807, 2.05) is 57.6 Å². The second-order valence-corrected chi connectivity index (χ2v) is 16.6. The first kappa shape index (κ1) is 51.9. The number of carbonyl (C=O) groups is 2. The summed E-state index contributed by atoms with van der Waals surface area (Å²) in [6.45, 7) is 4.00. The summed E-state index contributed by atoms with van der Waals surface area (Å²) < 4.78 is 33.7. The van der Waals surface area contributed by atoms with Crippen LogP contribution in [0.4, 0.5) is 0 Å². The Morgan fingerprint density at radius 1 is 0.685 bits per heavy atom. The Kier molecular flexibility index (Phi) is 34.0. The molecule has 10 nitrogen and oxygen atoms in total. The molecule has 11 heteroatoms. The van der Waals surface area contributed by atoms with Crippen LogP contribution < -0.4 is 4.89 Å². The van der Waals surface area contributed by atoms with Gasteiger partial charge in [-0.25, -0.2) is 0 Å². The third kappa shape index (κ3) is 38.2. The van der Waals surface area contributed by atoms with E-state index in [-0.39, 0.29) is 32.2 Å². The summed E-state index contributed by atoms with van der Waals surface area (Å²) in [5.74, 6) is -0.928. The molecule has 0 bridgehead atoms. The molecule has 3 atom stereocenters. The van der Waals surface area contributed by atoms with Crippen molar-refractivity contribution in [3.05, 3.63) is 48.6 Å². The van der Waals surface area contributed by atoms with Crippen LogP contribution in [0.2, 0.25) is 0 Å². The van der Waals surface area contributed by atoms with Gasteiger partial charge in [-0.3, -0.25) is 14.2 Å². The molecular weight excluding hydrogens is 705 g/mol. The van der Waals surface area contributed by atoms with E-state index in [1.54, 1.807) is 0 Å². The number of phosphoric acid groups is 1. The van der Waals surface area contributed by atoms with E-state index in [4.69, 9.17) is 18.5 Å². The molecule has 0 spiro atoms. The molecule has 0 aliphatic rings. The molecule has 0 aliphatic heterocycles. The zero-order valence-electron chi connectivity index (χ0n) is 34.8. The summed E-state index contributed by atoms with van der Waals surface area (Å²) in [6, 6.07) is 0. The summed E-state index contributed by atoms with van der Waals surface area (Å²) in [7, 11) is 1.11. The summed E-state index contributed by atoms with van der Waals surface area (Å²) in [5.41, 5.74) is 0. The third-order valence-corrected chi connectivity index (χ3v) is 9.67. The molecule has 0 heterocycles. The highest BCUT2D eigenvalue weighted by atomic mass is 31.2. The largest absolute Gasteiger partial charge is 0.756 e. The van der Waals surface area contributed by atoms with Crippen molar-refractivity contribution in [2.75, 3.05) is 47.5 Å². The minimum Gasteiger partial charge on any atom is -0.756 e. The van der Waals surface area contributed by atoms with Crippen LogP contribution >= 0.6 is 7.82 Å². The van der Waals surface area contributed by atoms with Crippen LogP contribution in [-0.2, 0) is 32.7 Å². The average molecular weight is 784 g/mol. The van der Waals surface area contributed by atoms with Crippen LogP contribution in [-0.4, -0.2) is 81.2 Å². The summed E-state index contributed by atoms with van der Waals surface area (Å²) in [5, 5.41) is 9.89. The van der Waals surface area contributed by atoms with Crippen LogP contribution in [0.1, 0.15) is 155 Å². The van der Waals surface area contributed by atoms with Crippen molar-refractivity contribution in [3.63, 3.8) is 0 Å². The minimum atomic E-state index is -4.64. The van der Waals surface area contributed by atoms with Crippen molar-refractivity contribution in [3.8, 4) is 0 Å². The Balaban J connectivity index is 4.52.